The maximum atomic E-state index is 13.6. The van der Waals surface area contributed by atoms with Gasteiger partial charge >= 0.3 is 0 Å². The minimum atomic E-state index is -0.177. The molecule has 0 aliphatic carbocycles. The zero-order chi connectivity index (χ0) is 22.9. The van der Waals surface area contributed by atoms with E-state index in [2.05, 4.69) is 21.0 Å². The lowest BCUT2D eigenvalue weighted by molar-refractivity contribution is -0.00642. The molecule has 0 unspecified atom stereocenters. The molecule has 2 aliphatic rings. The van der Waals surface area contributed by atoms with Gasteiger partial charge in [0.05, 0.1) is 38.8 Å². The molecule has 3 heterocycles. The number of hydrogen-bond donors (Lipinski definition) is 0. The Hall–Kier alpha value is -3.65. The van der Waals surface area contributed by atoms with Crippen LogP contribution >= 0.6 is 0 Å². The number of nitrogens with zero attached hydrogens (tertiary/aromatic N) is 4. The van der Waals surface area contributed by atoms with Gasteiger partial charge in [0, 0.05) is 36.8 Å². The summed E-state index contributed by atoms with van der Waals surface area (Å²) in [6.45, 7) is 3.42. The quantitative estimate of drug-likeness (QED) is 0.594. The molecule has 1 fully saturated rings. The van der Waals surface area contributed by atoms with Crippen LogP contribution in [0.15, 0.2) is 54.9 Å². The summed E-state index contributed by atoms with van der Waals surface area (Å²) in [5, 5.41) is 3.90. The second-order valence-corrected chi connectivity index (χ2v) is 8.30. The second-order valence-electron chi connectivity index (χ2n) is 8.30. The standard InChI is InChI=1S/C25H26N4O4/c1-16-11-27-22(12-26-16)25(30)29-14-18-15-33-23-7-5-4-6-21(23)24(18)28(29)13-17-8-19(31-2)10-20(9-17)32-3/h4-12,18,24H,13-15H2,1-3H3/t18-,24-/m1/s1. The maximum Gasteiger partial charge on any atom is 0.288 e. The van der Waals surface area contributed by atoms with Gasteiger partial charge in [0.1, 0.15) is 22.9 Å². The van der Waals surface area contributed by atoms with Gasteiger partial charge in [-0.15, -0.1) is 0 Å². The van der Waals surface area contributed by atoms with E-state index in [9.17, 15) is 4.79 Å². The summed E-state index contributed by atoms with van der Waals surface area (Å²) in [4.78, 5) is 22.1. The molecule has 0 spiro atoms. The molecule has 0 saturated carbocycles. The fourth-order valence-corrected chi connectivity index (χ4v) is 4.60. The zero-order valence-corrected chi connectivity index (χ0v) is 18.9. The number of hydrogen-bond acceptors (Lipinski definition) is 7. The lowest BCUT2D eigenvalue weighted by Crippen LogP contribution is -2.42. The number of aromatic nitrogens is 2. The van der Waals surface area contributed by atoms with E-state index in [1.807, 2.05) is 43.3 Å². The molecule has 33 heavy (non-hydrogen) atoms. The van der Waals surface area contributed by atoms with Crippen molar-refractivity contribution >= 4 is 5.91 Å². The van der Waals surface area contributed by atoms with Gasteiger partial charge in [0.2, 0.25) is 0 Å². The maximum absolute atomic E-state index is 13.6. The van der Waals surface area contributed by atoms with Crippen LogP contribution in [0.5, 0.6) is 17.2 Å². The van der Waals surface area contributed by atoms with E-state index in [4.69, 9.17) is 14.2 Å². The van der Waals surface area contributed by atoms with E-state index < -0.39 is 0 Å². The number of para-hydroxylation sites is 1. The third-order valence-electron chi connectivity index (χ3n) is 6.17. The monoisotopic (exact) mass is 446 g/mol. The topological polar surface area (TPSA) is 77.0 Å². The van der Waals surface area contributed by atoms with Crippen LogP contribution in [0.3, 0.4) is 0 Å². The number of ether oxygens (including phenoxy) is 3. The van der Waals surface area contributed by atoms with Crippen molar-refractivity contribution in [2.75, 3.05) is 27.4 Å². The van der Waals surface area contributed by atoms with Crippen LogP contribution in [0.2, 0.25) is 0 Å². The molecular weight excluding hydrogens is 420 g/mol. The first-order chi connectivity index (χ1) is 16.1. The Morgan fingerprint density at radius 3 is 2.55 bits per heavy atom. The van der Waals surface area contributed by atoms with Crippen LogP contribution in [0.4, 0.5) is 0 Å². The van der Waals surface area contributed by atoms with Gasteiger partial charge in [-0.25, -0.2) is 9.99 Å². The fourth-order valence-electron chi connectivity index (χ4n) is 4.60. The summed E-state index contributed by atoms with van der Waals surface area (Å²) in [6, 6.07) is 13.8. The molecule has 170 valence electrons. The van der Waals surface area contributed by atoms with Gasteiger partial charge in [0.15, 0.2) is 0 Å². The van der Waals surface area contributed by atoms with E-state index in [0.717, 1.165) is 22.6 Å². The molecule has 1 saturated heterocycles. The highest BCUT2D eigenvalue weighted by Crippen LogP contribution is 2.45. The Bertz CT molecular complexity index is 1150. The van der Waals surface area contributed by atoms with Crippen molar-refractivity contribution in [1.29, 1.82) is 0 Å². The first kappa shape index (κ1) is 21.2. The average Bonchev–Trinajstić information content (AvgIpc) is 3.22. The lowest BCUT2D eigenvalue weighted by atomic mass is 9.91. The molecule has 1 amide bonds. The second kappa shape index (κ2) is 8.71. The number of carbonyl (C=O) groups excluding carboxylic acids is 1. The number of hydrazine groups is 1. The predicted octanol–water partition coefficient (Wildman–Crippen LogP) is 3.43. The predicted molar refractivity (Wildman–Crippen MR) is 121 cm³/mol. The van der Waals surface area contributed by atoms with E-state index in [1.54, 1.807) is 25.4 Å². The molecule has 2 atom stereocenters. The molecule has 2 aromatic carbocycles. The number of amides is 1. The number of methoxy groups -OCH3 is 2. The summed E-state index contributed by atoms with van der Waals surface area (Å²) in [7, 11) is 3.26. The minimum Gasteiger partial charge on any atom is -0.497 e. The number of fused-ring (bicyclic) bond motifs is 3. The van der Waals surface area contributed by atoms with Gasteiger partial charge in [-0.1, -0.05) is 18.2 Å². The van der Waals surface area contributed by atoms with E-state index in [0.29, 0.717) is 36.9 Å². The van der Waals surface area contributed by atoms with E-state index >= 15 is 0 Å². The van der Waals surface area contributed by atoms with Crippen LogP contribution < -0.4 is 14.2 Å². The molecule has 0 N–H and O–H groups in total. The van der Waals surface area contributed by atoms with Gasteiger partial charge in [-0.3, -0.25) is 14.8 Å². The molecule has 1 aromatic heterocycles. The average molecular weight is 447 g/mol. The highest BCUT2D eigenvalue weighted by Gasteiger charge is 2.46. The number of carbonyl (C=O) groups is 1. The van der Waals surface area contributed by atoms with E-state index in [-0.39, 0.29) is 17.9 Å². The van der Waals surface area contributed by atoms with Crippen molar-refractivity contribution in [3.05, 3.63) is 77.4 Å². The Labute approximate surface area is 192 Å². The van der Waals surface area contributed by atoms with Gasteiger partial charge in [0.25, 0.3) is 5.91 Å². The smallest absolute Gasteiger partial charge is 0.288 e. The molecule has 0 radical (unpaired) electrons. The normalized spacial score (nSPS) is 19.4. The summed E-state index contributed by atoms with van der Waals surface area (Å²) in [5.41, 5.74) is 3.14. The third-order valence-corrected chi connectivity index (χ3v) is 6.17. The van der Waals surface area contributed by atoms with Gasteiger partial charge in [-0.05, 0) is 30.7 Å². The fraction of sp³-hybridized carbons (Fsp3) is 0.320. The van der Waals surface area contributed by atoms with Crippen molar-refractivity contribution in [2.24, 2.45) is 5.92 Å². The Morgan fingerprint density at radius 1 is 1.09 bits per heavy atom. The van der Waals surface area contributed by atoms with Crippen molar-refractivity contribution in [2.45, 2.75) is 19.5 Å². The zero-order valence-electron chi connectivity index (χ0n) is 18.9. The SMILES string of the molecule is COc1cc(CN2[C@H]3c4ccccc4OC[C@H]3CN2C(=O)c2cnc(C)cn2)cc(OC)c1. The Balaban J connectivity index is 1.55. The highest BCUT2D eigenvalue weighted by atomic mass is 16.5. The van der Waals surface area contributed by atoms with Crippen molar-refractivity contribution in [3.8, 4) is 17.2 Å². The summed E-state index contributed by atoms with van der Waals surface area (Å²) < 4.78 is 17.0. The lowest BCUT2D eigenvalue weighted by Gasteiger charge is -2.35. The van der Waals surface area contributed by atoms with Crippen LogP contribution in [0, 0.1) is 12.8 Å². The van der Waals surface area contributed by atoms with Crippen molar-refractivity contribution in [3.63, 3.8) is 0 Å². The third kappa shape index (κ3) is 3.98. The van der Waals surface area contributed by atoms with Gasteiger partial charge in [-0.2, -0.15) is 0 Å². The van der Waals surface area contributed by atoms with Crippen molar-refractivity contribution < 1.29 is 19.0 Å². The highest BCUT2D eigenvalue weighted by molar-refractivity contribution is 5.91. The molecule has 8 nitrogen and oxygen atoms in total. The summed E-state index contributed by atoms with van der Waals surface area (Å²) >= 11 is 0. The molecule has 0 bridgehead atoms. The number of rotatable bonds is 5. The molecule has 3 aromatic rings. The molecule has 2 aliphatic heterocycles. The van der Waals surface area contributed by atoms with Crippen LogP contribution in [-0.4, -0.2) is 53.3 Å². The van der Waals surface area contributed by atoms with Crippen LogP contribution in [0.1, 0.15) is 33.4 Å². The molecular formula is C25H26N4O4. The largest absolute Gasteiger partial charge is 0.497 e. The minimum absolute atomic E-state index is 0.00509. The summed E-state index contributed by atoms with van der Waals surface area (Å²) in [5.74, 6) is 2.22. The van der Waals surface area contributed by atoms with Gasteiger partial charge < -0.3 is 14.2 Å². The molecule has 8 heteroatoms. The molecule has 5 rings (SSSR count). The Morgan fingerprint density at radius 2 is 1.85 bits per heavy atom. The van der Waals surface area contributed by atoms with Crippen LogP contribution in [-0.2, 0) is 6.54 Å². The van der Waals surface area contributed by atoms with Crippen molar-refractivity contribution in [1.82, 2.24) is 20.0 Å². The Kier molecular flexibility index (Phi) is 5.60. The number of aryl methyl sites for hydroxylation is 1. The first-order valence-corrected chi connectivity index (χ1v) is 10.9. The summed E-state index contributed by atoms with van der Waals surface area (Å²) in [6.07, 6.45) is 3.16. The van der Waals surface area contributed by atoms with E-state index in [1.165, 1.54) is 6.20 Å². The van der Waals surface area contributed by atoms with Crippen LogP contribution in [0.25, 0.3) is 0 Å². The number of benzene rings is 2. The first-order valence-electron chi connectivity index (χ1n) is 10.9.